The summed E-state index contributed by atoms with van der Waals surface area (Å²) in [6.45, 7) is 1.62. The molecule has 0 aliphatic carbocycles. The Balaban J connectivity index is 2.03. The van der Waals surface area contributed by atoms with Crippen LogP contribution in [-0.4, -0.2) is 35.2 Å². The molecule has 1 aliphatic rings. The fourth-order valence-electron chi connectivity index (χ4n) is 1.71. The molecule has 0 saturated carbocycles. The van der Waals surface area contributed by atoms with E-state index in [2.05, 4.69) is 0 Å². The third kappa shape index (κ3) is 2.75. The first-order chi connectivity index (χ1) is 8.16. The summed E-state index contributed by atoms with van der Waals surface area (Å²) in [7, 11) is 0. The highest BCUT2D eigenvalue weighted by Gasteiger charge is 2.19. The van der Waals surface area contributed by atoms with Crippen LogP contribution >= 0.6 is 0 Å². The molecule has 0 radical (unpaired) electrons. The molecule has 2 rings (SSSR count). The fraction of sp³-hybridized carbons (Fsp3) is 0.333. The number of amides is 1. The van der Waals surface area contributed by atoms with Crippen LogP contribution in [0, 0.1) is 0 Å². The van der Waals surface area contributed by atoms with Crippen LogP contribution in [-0.2, 0) is 11.3 Å². The van der Waals surface area contributed by atoms with Crippen molar-refractivity contribution < 1.29 is 19.4 Å². The Morgan fingerprint density at radius 1 is 1.35 bits per heavy atom. The molecule has 0 spiro atoms. The Morgan fingerprint density at radius 2 is 2.06 bits per heavy atom. The first-order valence-electron chi connectivity index (χ1n) is 5.41. The summed E-state index contributed by atoms with van der Waals surface area (Å²) in [5.74, 6) is -0.950. The third-order valence-corrected chi connectivity index (χ3v) is 2.63. The van der Waals surface area contributed by atoms with Crippen molar-refractivity contribution in [3.8, 4) is 0 Å². The summed E-state index contributed by atoms with van der Waals surface area (Å²) >= 11 is 0. The van der Waals surface area contributed by atoms with Crippen molar-refractivity contribution in [2.24, 2.45) is 0 Å². The van der Waals surface area contributed by atoms with E-state index in [1.165, 1.54) is 12.1 Å². The molecule has 1 N–H and O–H groups in total. The maximum atomic E-state index is 11.4. The second-order valence-corrected chi connectivity index (χ2v) is 3.89. The monoisotopic (exact) mass is 235 g/mol. The Labute approximate surface area is 98.6 Å². The van der Waals surface area contributed by atoms with Gasteiger partial charge >= 0.3 is 12.1 Å². The normalized spacial score (nSPS) is 15.5. The van der Waals surface area contributed by atoms with Gasteiger partial charge in [0.2, 0.25) is 0 Å². The van der Waals surface area contributed by atoms with E-state index in [0.29, 0.717) is 19.7 Å². The molecule has 0 bridgehead atoms. The number of carboxylic acids is 1. The standard InChI is InChI=1S/C12H13NO4/c14-11(15)10-4-2-9(3-5-10)8-13-6-1-7-17-12(13)16/h2-5H,1,6-8H2,(H,14,15). The summed E-state index contributed by atoms with van der Waals surface area (Å²) < 4.78 is 4.92. The number of cyclic esters (lactones) is 1. The minimum Gasteiger partial charge on any atom is -0.478 e. The summed E-state index contributed by atoms with van der Waals surface area (Å²) in [5, 5.41) is 8.75. The highest BCUT2D eigenvalue weighted by atomic mass is 16.6. The van der Waals surface area contributed by atoms with Gasteiger partial charge in [-0.2, -0.15) is 0 Å². The van der Waals surface area contributed by atoms with Gasteiger partial charge in [0.05, 0.1) is 12.2 Å². The summed E-state index contributed by atoms with van der Waals surface area (Å²) in [4.78, 5) is 23.7. The van der Waals surface area contributed by atoms with Gasteiger partial charge in [0.15, 0.2) is 0 Å². The molecule has 17 heavy (non-hydrogen) atoms. The Morgan fingerprint density at radius 3 is 2.65 bits per heavy atom. The Bertz CT molecular complexity index is 427. The van der Waals surface area contributed by atoms with E-state index < -0.39 is 5.97 Å². The number of carboxylic acid groups (broad SMARTS) is 1. The third-order valence-electron chi connectivity index (χ3n) is 2.63. The molecule has 1 amide bonds. The number of ether oxygens (including phenoxy) is 1. The zero-order valence-electron chi connectivity index (χ0n) is 9.26. The van der Waals surface area contributed by atoms with Crippen LogP contribution in [0.3, 0.4) is 0 Å². The SMILES string of the molecule is O=C(O)c1ccc(CN2CCCOC2=O)cc1. The van der Waals surface area contributed by atoms with Crippen LogP contribution in [0.4, 0.5) is 4.79 Å². The zero-order valence-corrected chi connectivity index (χ0v) is 9.26. The van der Waals surface area contributed by atoms with Gasteiger partial charge in [-0.05, 0) is 24.1 Å². The minimum atomic E-state index is -0.950. The zero-order chi connectivity index (χ0) is 12.3. The van der Waals surface area contributed by atoms with Gasteiger partial charge in [-0.25, -0.2) is 9.59 Å². The van der Waals surface area contributed by atoms with Gasteiger partial charge in [0, 0.05) is 13.1 Å². The predicted molar refractivity (Wildman–Crippen MR) is 59.8 cm³/mol. The van der Waals surface area contributed by atoms with Crippen LogP contribution in [0.15, 0.2) is 24.3 Å². The van der Waals surface area contributed by atoms with Crippen LogP contribution < -0.4 is 0 Å². The molecule has 0 aromatic heterocycles. The lowest BCUT2D eigenvalue weighted by molar-refractivity contribution is 0.0686. The lowest BCUT2D eigenvalue weighted by atomic mass is 10.1. The molecule has 5 heteroatoms. The van der Waals surface area contributed by atoms with E-state index in [-0.39, 0.29) is 11.7 Å². The second-order valence-electron chi connectivity index (χ2n) is 3.89. The van der Waals surface area contributed by atoms with E-state index in [4.69, 9.17) is 9.84 Å². The summed E-state index contributed by atoms with van der Waals surface area (Å²) in [5.41, 5.74) is 1.14. The molecule has 1 saturated heterocycles. The number of benzene rings is 1. The molecule has 0 atom stereocenters. The van der Waals surface area contributed by atoms with Crippen molar-refractivity contribution in [3.05, 3.63) is 35.4 Å². The van der Waals surface area contributed by atoms with E-state index in [1.807, 2.05) is 0 Å². The van der Waals surface area contributed by atoms with Gasteiger partial charge in [0.1, 0.15) is 0 Å². The fourth-order valence-corrected chi connectivity index (χ4v) is 1.71. The average Bonchev–Trinajstić information content (AvgIpc) is 2.33. The van der Waals surface area contributed by atoms with Crippen molar-refractivity contribution in [1.29, 1.82) is 0 Å². The van der Waals surface area contributed by atoms with Crippen LogP contribution in [0.2, 0.25) is 0 Å². The largest absolute Gasteiger partial charge is 0.478 e. The van der Waals surface area contributed by atoms with E-state index >= 15 is 0 Å². The van der Waals surface area contributed by atoms with Gasteiger partial charge in [-0.15, -0.1) is 0 Å². The number of rotatable bonds is 3. The van der Waals surface area contributed by atoms with E-state index in [0.717, 1.165) is 12.0 Å². The predicted octanol–water partition coefficient (Wildman–Crippen LogP) is 1.73. The van der Waals surface area contributed by atoms with Gasteiger partial charge in [-0.3, -0.25) is 0 Å². The Kier molecular flexibility index (Phi) is 3.27. The van der Waals surface area contributed by atoms with Crippen LogP contribution in [0.25, 0.3) is 0 Å². The molecular weight excluding hydrogens is 222 g/mol. The molecule has 90 valence electrons. The highest BCUT2D eigenvalue weighted by Crippen LogP contribution is 2.12. The summed E-state index contributed by atoms with van der Waals surface area (Å²) in [6, 6.07) is 6.50. The maximum Gasteiger partial charge on any atom is 0.410 e. The van der Waals surface area contributed by atoms with Crippen molar-refractivity contribution in [1.82, 2.24) is 4.90 Å². The van der Waals surface area contributed by atoms with Crippen molar-refractivity contribution in [2.45, 2.75) is 13.0 Å². The number of carbonyl (C=O) groups is 2. The van der Waals surface area contributed by atoms with Crippen LogP contribution in [0.5, 0.6) is 0 Å². The van der Waals surface area contributed by atoms with Gasteiger partial charge in [0.25, 0.3) is 0 Å². The van der Waals surface area contributed by atoms with Crippen molar-refractivity contribution in [2.75, 3.05) is 13.2 Å². The average molecular weight is 235 g/mol. The number of carbonyl (C=O) groups excluding carboxylic acids is 1. The quantitative estimate of drug-likeness (QED) is 0.866. The smallest absolute Gasteiger partial charge is 0.410 e. The van der Waals surface area contributed by atoms with Crippen LogP contribution in [0.1, 0.15) is 22.3 Å². The molecule has 1 aliphatic heterocycles. The molecule has 1 heterocycles. The maximum absolute atomic E-state index is 11.4. The van der Waals surface area contributed by atoms with Gasteiger partial charge in [-0.1, -0.05) is 12.1 Å². The molecular formula is C12H13NO4. The number of aromatic carboxylic acids is 1. The molecule has 1 aromatic carbocycles. The number of nitrogens with zero attached hydrogens (tertiary/aromatic N) is 1. The van der Waals surface area contributed by atoms with Crippen molar-refractivity contribution >= 4 is 12.1 Å². The minimum absolute atomic E-state index is 0.245. The van der Waals surface area contributed by atoms with Crippen molar-refractivity contribution in [3.63, 3.8) is 0 Å². The van der Waals surface area contributed by atoms with E-state index in [9.17, 15) is 9.59 Å². The summed E-state index contributed by atoms with van der Waals surface area (Å²) in [6.07, 6.45) is 0.525. The number of hydrogen-bond donors (Lipinski definition) is 1. The molecule has 5 nitrogen and oxygen atoms in total. The first-order valence-corrected chi connectivity index (χ1v) is 5.41. The lowest BCUT2D eigenvalue weighted by Crippen LogP contribution is -2.37. The first kappa shape index (κ1) is 11.4. The molecule has 1 aromatic rings. The van der Waals surface area contributed by atoms with E-state index in [1.54, 1.807) is 17.0 Å². The van der Waals surface area contributed by atoms with Gasteiger partial charge < -0.3 is 14.7 Å². The molecule has 1 fully saturated rings. The Hall–Kier alpha value is -2.04. The second kappa shape index (κ2) is 4.86. The lowest BCUT2D eigenvalue weighted by Gasteiger charge is -2.26. The number of hydrogen-bond acceptors (Lipinski definition) is 3. The highest BCUT2D eigenvalue weighted by molar-refractivity contribution is 5.87. The molecule has 0 unspecified atom stereocenters. The topological polar surface area (TPSA) is 66.8 Å².